The molecule has 172 valence electrons. The van der Waals surface area contributed by atoms with Crippen LogP contribution in [-0.4, -0.2) is 43.7 Å². The standard InChI is InChI=1S/C25H28N4O4/c30-25(31)18-10-8-17(9-11-18)16-29-14-4-7-21(29)24-27-23(28-33-24)19-12-13-22(26-15-19)32-20-5-2-1-3-6-20/h8-13,15,20-21H,1-7,14,16H2,(H,30,31). The minimum atomic E-state index is -0.915. The fourth-order valence-corrected chi connectivity index (χ4v) is 4.71. The molecule has 0 bridgehead atoms. The number of aromatic nitrogens is 3. The minimum Gasteiger partial charge on any atom is -0.478 e. The Labute approximate surface area is 192 Å². The highest BCUT2D eigenvalue weighted by Gasteiger charge is 2.31. The van der Waals surface area contributed by atoms with E-state index in [1.165, 1.54) is 19.3 Å². The quantitative estimate of drug-likeness (QED) is 0.546. The fourth-order valence-electron chi connectivity index (χ4n) is 4.71. The van der Waals surface area contributed by atoms with E-state index < -0.39 is 5.97 Å². The number of benzene rings is 1. The topological polar surface area (TPSA) is 102 Å². The maximum Gasteiger partial charge on any atom is 0.335 e. The Bertz CT molecular complexity index is 1070. The van der Waals surface area contributed by atoms with Gasteiger partial charge >= 0.3 is 5.97 Å². The first-order valence-corrected chi connectivity index (χ1v) is 11.7. The molecule has 33 heavy (non-hydrogen) atoms. The first kappa shape index (κ1) is 21.6. The van der Waals surface area contributed by atoms with Crippen LogP contribution >= 0.6 is 0 Å². The molecule has 3 heterocycles. The maximum atomic E-state index is 11.1. The molecule has 1 saturated carbocycles. The number of pyridine rings is 1. The van der Waals surface area contributed by atoms with Gasteiger partial charge in [-0.25, -0.2) is 9.78 Å². The Morgan fingerprint density at radius 1 is 1.06 bits per heavy atom. The highest BCUT2D eigenvalue weighted by Crippen LogP contribution is 2.33. The average molecular weight is 449 g/mol. The summed E-state index contributed by atoms with van der Waals surface area (Å²) in [7, 11) is 0. The van der Waals surface area contributed by atoms with Crippen molar-refractivity contribution in [2.75, 3.05) is 6.54 Å². The normalized spacial score (nSPS) is 19.6. The molecule has 1 aliphatic heterocycles. The predicted molar refractivity (Wildman–Crippen MR) is 121 cm³/mol. The summed E-state index contributed by atoms with van der Waals surface area (Å²) in [5.41, 5.74) is 2.15. The Morgan fingerprint density at radius 2 is 1.88 bits per heavy atom. The highest BCUT2D eigenvalue weighted by atomic mass is 16.5. The predicted octanol–water partition coefficient (Wildman–Crippen LogP) is 4.88. The second-order valence-electron chi connectivity index (χ2n) is 8.85. The van der Waals surface area contributed by atoms with Crippen LogP contribution in [0.5, 0.6) is 5.88 Å². The van der Waals surface area contributed by atoms with Crippen LogP contribution in [0.2, 0.25) is 0 Å². The van der Waals surface area contributed by atoms with Crippen LogP contribution in [0, 0.1) is 0 Å². The Hall–Kier alpha value is -3.26. The number of carboxylic acids is 1. The van der Waals surface area contributed by atoms with E-state index in [0.29, 0.717) is 29.7 Å². The molecule has 3 aromatic rings. The summed E-state index contributed by atoms with van der Waals surface area (Å²) < 4.78 is 11.6. The van der Waals surface area contributed by atoms with Crippen molar-refractivity contribution < 1.29 is 19.2 Å². The van der Waals surface area contributed by atoms with Crippen LogP contribution in [-0.2, 0) is 6.54 Å². The van der Waals surface area contributed by atoms with Gasteiger partial charge in [0.05, 0.1) is 11.6 Å². The lowest BCUT2D eigenvalue weighted by Gasteiger charge is -2.22. The number of rotatable bonds is 7. The van der Waals surface area contributed by atoms with Gasteiger partial charge in [0.25, 0.3) is 0 Å². The van der Waals surface area contributed by atoms with Crippen molar-refractivity contribution in [3.05, 3.63) is 59.6 Å². The lowest BCUT2D eigenvalue weighted by atomic mass is 9.98. The molecule has 1 N–H and O–H groups in total. The molecule has 5 rings (SSSR count). The third-order valence-corrected chi connectivity index (χ3v) is 6.51. The summed E-state index contributed by atoms with van der Waals surface area (Å²) in [6, 6.07) is 10.9. The first-order valence-electron chi connectivity index (χ1n) is 11.7. The Balaban J connectivity index is 1.24. The van der Waals surface area contributed by atoms with E-state index in [0.717, 1.165) is 43.4 Å². The van der Waals surface area contributed by atoms with Gasteiger partial charge < -0.3 is 14.4 Å². The van der Waals surface area contributed by atoms with Crippen molar-refractivity contribution in [2.24, 2.45) is 0 Å². The molecule has 0 radical (unpaired) electrons. The number of carbonyl (C=O) groups is 1. The zero-order chi connectivity index (χ0) is 22.6. The molecule has 1 unspecified atom stereocenters. The number of ether oxygens (including phenoxy) is 1. The summed E-state index contributed by atoms with van der Waals surface area (Å²) in [6.45, 7) is 1.63. The molecule has 1 aliphatic carbocycles. The van der Waals surface area contributed by atoms with Gasteiger partial charge in [0.1, 0.15) is 6.10 Å². The number of hydrogen-bond acceptors (Lipinski definition) is 7. The van der Waals surface area contributed by atoms with Gasteiger partial charge in [-0.2, -0.15) is 4.98 Å². The van der Waals surface area contributed by atoms with Gasteiger partial charge in [-0.3, -0.25) is 4.90 Å². The third kappa shape index (κ3) is 5.06. The largest absolute Gasteiger partial charge is 0.478 e. The molecule has 1 aromatic carbocycles. The van der Waals surface area contributed by atoms with Gasteiger partial charge in [0, 0.05) is 24.4 Å². The van der Waals surface area contributed by atoms with Gasteiger partial charge in [-0.1, -0.05) is 23.7 Å². The van der Waals surface area contributed by atoms with E-state index in [4.69, 9.17) is 14.4 Å². The van der Waals surface area contributed by atoms with Crippen molar-refractivity contribution in [3.63, 3.8) is 0 Å². The van der Waals surface area contributed by atoms with Crippen LogP contribution in [0.25, 0.3) is 11.4 Å². The van der Waals surface area contributed by atoms with Crippen molar-refractivity contribution in [1.29, 1.82) is 0 Å². The number of nitrogens with zero attached hydrogens (tertiary/aromatic N) is 4. The van der Waals surface area contributed by atoms with Crippen LogP contribution in [0.4, 0.5) is 0 Å². The average Bonchev–Trinajstić information content (AvgIpc) is 3.50. The molecule has 8 nitrogen and oxygen atoms in total. The molecular weight excluding hydrogens is 420 g/mol. The van der Waals surface area contributed by atoms with Crippen molar-refractivity contribution in [1.82, 2.24) is 20.0 Å². The molecule has 0 amide bonds. The van der Waals surface area contributed by atoms with Gasteiger partial charge in [-0.15, -0.1) is 0 Å². The summed E-state index contributed by atoms with van der Waals surface area (Å²) in [6.07, 6.45) is 9.93. The van der Waals surface area contributed by atoms with E-state index >= 15 is 0 Å². The lowest BCUT2D eigenvalue weighted by molar-refractivity contribution is 0.0697. The molecule has 0 spiro atoms. The van der Waals surface area contributed by atoms with E-state index in [-0.39, 0.29) is 12.1 Å². The van der Waals surface area contributed by atoms with Crippen LogP contribution in [0.1, 0.15) is 72.8 Å². The number of carboxylic acid groups (broad SMARTS) is 1. The monoisotopic (exact) mass is 448 g/mol. The molecule has 1 saturated heterocycles. The van der Waals surface area contributed by atoms with Crippen LogP contribution in [0.15, 0.2) is 47.1 Å². The van der Waals surface area contributed by atoms with Crippen molar-refractivity contribution in [2.45, 2.75) is 63.6 Å². The Kier molecular flexibility index (Phi) is 6.35. The third-order valence-electron chi connectivity index (χ3n) is 6.51. The zero-order valence-corrected chi connectivity index (χ0v) is 18.5. The smallest absolute Gasteiger partial charge is 0.335 e. The second-order valence-corrected chi connectivity index (χ2v) is 8.85. The van der Waals surface area contributed by atoms with E-state index in [1.807, 2.05) is 24.3 Å². The summed E-state index contributed by atoms with van der Waals surface area (Å²) >= 11 is 0. The molecule has 2 aromatic heterocycles. The molecular formula is C25H28N4O4. The van der Waals surface area contributed by atoms with Gasteiger partial charge in [0.2, 0.25) is 17.6 Å². The number of hydrogen-bond donors (Lipinski definition) is 1. The lowest BCUT2D eigenvalue weighted by Crippen LogP contribution is -2.23. The summed E-state index contributed by atoms with van der Waals surface area (Å²) in [5.74, 6) is 0.860. The van der Waals surface area contributed by atoms with Gasteiger partial charge in [-0.05, 0) is 68.8 Å². The first-order chi connectivity index (χ1) is 16.2. The fraction of sp³-hybridized carbons (Fsp3) is 0.440. The highest BCUT2D eigenvalue weighted by molar-refractivity contribution is 5.87. The van der Waals surface area contributed by atoms with Crippen molar-refractivity contribution >= 4 is 5.97 Å². The van der Waals surface area contributed by atoms with Crippen LogP contribution in [0.3, 0.4) is 0 Å². The van der Waals surface area contributed by atoms with E-state index in [2.05, 4.69) is 20.0 Å². The van der Waals surface area contributed by atoms with Crippen LogP contribution < -0.4 is 4.74 Å². The van der Waals surface area contributed by atoms with E-state index in [9.17, 15) is 4.79 Å². The second kappa shape index (κ2) is 9.70. The molecule has 8 heteroatoms. The zero-order valence-electron chi connectivity index (χ0n) is 18.5. The molecule has 1 atom stereocenters. The van der Waals surface area contributed by atoms with E-state index in [1.54, 1.807) is 18.3 Å². The molecule has 2 fully saturated rings. The number of likely N-dealkylation sites (tertiary alicyclic amines) is 1. The summed E-state index contributed by atoms with van der Waals surface area (Å²) in [4.78, 5) is 22.5. The number of aromatic carboxylic acids is 1. The Morgan fingerprint density at radius 3 is 2.61 bits per heavy atom. The van der Waals surface area contributed by atoms with Gasteiger partial charge in [0.15, 0.2) is 0 Å². The van der Waals surface area contributed by atoms with Crippen molar-refractivity contribution in [3.8, 4) is 17.3 Å². The SMILES string of the molecule is O=C(O)c1ccc(CN2CCCC2c2nc(-c3ccc(OC4CCCCC4)nc3)no2)cc1. The minimum absolute atomic E-state index is 0.0484. The summed E-state index contributed by atoms with van der Waals surface area (Å²) in [5, 5.41) is 13.3. The molecule has 2 aliphatic rings. The maximum absolute atomic E-state index is 11.1.